The molecule has 0 saturated carbocycles. The van der Waals surface area contributed by atoms with E-state index < -0.39 is 0 Å². The maximum Gasteiger partial charge on any atom is 0.274 e. The van der Waals surface area contributed by atoms with Gasteiger partial charge in [0.25, 0.3) is 5.91 Å². The molecule has 2 N–H and O–H groups in total. The maximum absolute atomic E-state index is 12.7. The first-order valence-corrected chi connectivity index (χ1v) is 8.54. The second-order valence-corrected chi connectivity index (χ2v) is 6.25. The highest BCUT2D eigenvalue weighted by Crippen LogP contribution is 2.20. The molecule has 0 spiro atoms. The summed E-state index contributed by atoms with van der Waals surface area (Å²) in [5.41, 5.74) is 4.35. The Morgan fingerprint density at radius 3 is 2.31 bits per heavy atom. The van der Waals surface area contributed by atoms with Crippen LogP contribution >= 0.6 is 0 Å². The molecule has 1 amide bonds. The molecule has 0 bridgehead atoms. The van der Waals surface area contributed by atoms with Crippen LogP contribution in [-0.2, 0) is 6.54 Å². The molecule has 5 heteroatoms. The van der Waals surface area contributed by atoms with Gasteiger partial charge < -0.3 is 10.6 Å². The molecule has 0 aliphatic heterocycles. The first kappa shape index (κ1) is 17.6. The number of aromatic nitrogens is 2. The van der Waals surface area contributed by atoms with Crippen LogP contribution in [0.2, 0.25) is 0 Å². The molecule has 3 aromatic rings. The Labute approximate surface area is 153 Å². The van der Waals surface area contributed by atoms with Crippen molar-refractivity contribution in [2.75, 3.05) is 10.6 Å². The molecular weight excluding hydrogens is 324 g/mol. The van der Waals surface area contributed by atoms with Gasteiger partial charge in [-0.05, 0) is 37.5 Å². The minimum atomic E-state index is -0.240. The monoisotopic (exact) mass is 346 g/mol. The molecule has 2 aromatic carbocycles. The lowest BCUT2D eigenvalue weighted by Crippen LogP contribution is -2.17. The number of nitrogens with zero attached hydrogens (tertiary/aromatic N) is 2. The van der Waals surface area contributed by atoms with E-state index in [-0.39, 0.29) is 5.91 Å². The zero-order valence-corrected chi connectivity index (χ0v) is 15.2. The van der Waals surface area contributed by atoms with Crippen molar-refractivity contribution < 1.29 is 4.79 Å². The van der Waals surface area contributed by atoms with Gasteiger partial charge in [-0.1, -0.05) is 48.5 Å². The van der Waals surface area contributed by atoms with Crippen LogP contribution in [0.3, 0.4) is 0 Å². The first-order chi connectivity index (χ1) is 12.5. The maximum atomic E-state index is 12.7. The molecule has 26 heavy (non-hydrogen) atoms. The molecule has 0 fully saturated rings. The highest BCUT2D eigenvalue weighted by molar-refractivity contribution is 6.04. The zero-order valence-electron chi connectivity index (χ0n) is 15.2. The molecule has 0 aliphatic rings. The number of carbonyl (C=O) groups excluding carboxylic acids is 1. The molecule has 0 radical (unpaired) electrons. The van der Waals surface area contributed by atoms with Crippen molar-refractivity contribution in [3.05, 3.63) is 82.8 Å². The van der Waals surface area contributed by atoms with Crippen LogP contribution in [0.5, 0.6) is 0 Å². The van der Waals surface area contributed by atoms with Crippen LogP contribution in [-0.4, -0.2) is 15.9 Å². The van der Waals surface area contributed by atoms with E-state index in [0.717, 1.165) is 22.4 Å². The van der Waals surface area contributed by atoms with Crippen molar-refractivity contribution in [1.82, 2.24) is 9.97 Å². The van der Waals surface area contributed by atoms with E-state index in [1.54, 1.807) is 13.0 Å². The first-order valence-electron chi connectivity index (χ1n) is 8.54. The fourth-order valence-corrected chi connectivity index (χ4v) is 2.75. The Morgan fingerprint density at radius 1 is 0.923 bits per heavy atom. The molecule has 0 saturated heterocycles. The van der Waals surface area contributed by atoms with E-state index in [9.17, 15) is 4.79 Å². The Balaban J connectivity index is 1.77. The largest absolute Gasteiger partial charge is 0.366 e. The summed E-state index contributed by atoms with van der Waals surface area (Å²) in [4.78, 5) is 21.3. The Hall–Kier alpha value is -3.21. The predicted molar refractivity (Wildman–Crippen MR) is 104 cm³/mol. The Bertz CT molecular complexity index is 902. The molecule has 1 heterocycles. The van der Waals surface area contributed by atoms with E-state index in [0.29, 0.717) is 23.9 Å². The van der Waals surface area contributed by atoms with Crippen molar-refractivity contribution in [3.63, 3.8) is 0 Å². The lowest BCUT2D eigenvalue weighted by molar-refractivity contribution is 0.102. The number of para-hydroxylation sites is 1. The van der Waals surface area contributed by atoms with Gasteiger partial charge in [0, 0.05) is 18.3 Å². The van der Waals surface area contributed by atoms with Gasteiger partial charge in [-0.25, -0.2) is 9.97 Å². The lowest BCUT2D eigenvalue weighted by atomic mass is 10.1. The third-order valence-corrected chi connectivity index (χ3v) is 4.11. The van der Waals surface area contributed by atoms with Crippen LogP contribution in [0.4, 0.5) is 11.5 Å². The Kier molecular flexibility index (Phi) is 5.27. The van der Waals surface area contributed by atoms with Crippen LogP contribution < -0.4 is 10.6 Å². The van der Waals surface area contributed by atoms with E-state index in [4.69, 9.17) is 0 Å². The summed E-state index contributed by atoms with van der Waals surface area (Å²) in [5.74, 6) is 0.943. The molecule has 3 rings (SSSR count). The van der Waals surface area contributed by atoms with Gasteiger partial charge in [-0.3, -0.25) is 4.79 Å². The number of rotatable bonds is 5. The SMILES string of the molecule is Cc1nc(NCc2ccccc2)cc(C(=O)Nc2c(C)cccc2C)n1. The topological polar surface area (TPSA) is 66.9 Å². The summed E-state index contributed by atoms with van der Waals surface area (Å²) < 4.78 is 0. The van der Waals surface area contributed by atoms with Crippen molar-refractivity contribution in [2.45, 2.75) is 27.3 Å². The van der Waals surface area contributed by atoms with E-state index in [2.05, 4.69) is 20.6 Å². The number of nitrogens with one attached hydrogen (secondary N) is 2. The van der Waals surface area contributed by atoms with Crippen LogP contribution in [0.1, 0.15) is 33.0 Å². The molecule has 0 unspecified atom stereocenters. The Morgan fingerprint density at radius 2 is 1.62 bits per heavy atom. The summed E-state index contributed by atoms with van der Waals surface area (Å²) in [6.07, 6.45) is 0. The van der Waals surface area contributed by atoms with Crippen LogP contribution in [0.15, 0.2) is 54.6 Å². The summed E-state index contributed by atoms with van der Waals surface area (Å²) in [6, 6.07) is 17.6. The molecular formula is C21H22N4O. The smallest absolute Gasteiger partial charge is 0.274 e. The summed E-state index contributed by atoms with van der Waals surface area (Å²) in [7, 11) is 0. The van der Waals surface area contributed by atoms with Gasteiger partial charge in [-0.2, -0.15) is 0 Å². The average Bonchev–Trinajstić information content (AvgIpc) is 2.63. The number of benzene rings is 2. The summed E-state index contributed by atoms with van der Waals surface area (Å²) in [5, 5.41) is 6.22. The van der Waals surface area contributed by atoms with E-state index in [1.165, 1.54) is 0 Å². The van der Waals surface area contributed by atoms with Gasteiger partial charge in [-0.15, -0.1) is 0 Å². The van der Waals surface area contributed by atoms with Crippen molar-refractivity contribution in [1.29, 1.82) is 0 Å². The molecule has 5 nitrogen and oxygen atoms in total. The van der Waals surface area contributed by atoms with Crippen LogP contribution in [0.25, 0.3) is 0 Å². The highest BCUT2D eigenvalue weighted by Gasteiger charge is 2.13. The predicted octanol–water partition coefficient (Wildman–Crippen LogP) is 4.27. The third-order valence-electron chi connectivity index (χ3n) is 4.11. The number of hydrogen-bond acceptors (Lipinski definition) is 4. The summed E-state index contributed by atoms with van der Waals surface area (Å²) in [6.45, 7) is 6.36. The second-order valence-electron chi connectivity index (χ2n) is 6.25. The fourth-order valence-electron chi connectivity index (χ4n) is 2.75. The van der Waals surface area contributed by atoms with Crippen molar-refractivity contribution >= 4 is 17.4 Å². The number of carbonyl (C=O) groups is 1. The zero-order chi connectivity index (χ0) is 18.5. The fraction of sp³-hybridized carbons (Fsp3) is 0.190. The lowest BCUT2D eigenvalue weighted by Gasteiger charge is -2.12. The van der Waals surface area contributed by atoms with Gasteiger partial charge in [0.2, 0.25) is 0 Å². The molecule has 0 aliphatic carbocycles. The summed E-state index contributed by atoms with van der Waals surface area (Å²) >= 11 is 0. The number of amides is 1. The number of hydrogen-bond donors (Lipinski definition) is 2. The second kappa shape index (κ2) is 7.78. The van der Waals surface area contributed by atoms with Gasteiger partial charge in [0.05, 0.1) is 0 Å². The quantitative estimate of drug-likeness (QED) is 0.724. The average molecular weight is 346 g/mol. The van der Waals surface area contributed by atoms with Gasteiger partial charge in [0.15, 0.2) is 0 Å². The van der Waals surface area contributed by atoms with Gasteiger partial charge >= 0.3 is 0 Å². The molecule has 132 valence electrons. The van der Waals surface area contributed by atoms with Gasteiger partial charge in [0.1, 0.15) is 17.3 Å². The minimum absolute atomic E-state index is 0.240. The van der Waals surface area contributed by atoms with E-state index >= 15 is 0 Å². The third kappa shape index (κ3) is 4.25. The van der Waals surface area contributed by atoms with Crippen LogP contribution in [0, 0.1) is 20.8 Å². The molecule has 0 atom stereocenters. The highest BCUT2D eigenvalue weighted by atomic mass is 16.1. The number of aryl methyl sites for hydroxylation is 3. The minimum Gasteiger partial charge on any atom is -0.366 e. The normalized spacial score (nSPS) is 10.4. The van der Waals surface area contributed by atoms with Crippen molar-refractivity contribution in [3.8, 4) is 0 Å². The standard InChI is InChI=1S/C21H22N4O/c1-14-8-7-9-15(2)20(14)25-21(26)18-12-19(24-16(3)23-18)22-13-17-10-5-4-6-11-17/h4-12H,13H2,1-3H3,(H,25,26)(H,22,23,24). The van der Waals surface area contributed by atoms with E-state index in [1.807, 2.05) is 62.4 Å². The van der Waals surface area contributed by atoms with Crippen molar-refractivity contribution in [2.24, 2.45) is 0 Å². The number of anilines is 2. The molecule has 1 aromatic heterocycles.